The Bertz CT molecular complexity index is 735. The van der Waals surface area contributed by atoms with E-state index < -0.39 is 23.9 Å². The van der Waals surface area contributed by atoms with Crippen LogP contribution in [0.25, 0.3) is 5.57 Å². The molecule has 4 N–H and O–H groups in total. The van der Waals surface area contributed by atoms with Crippen LogP contribution >= 0.6 is 0 Å². The standard InChI is InChI=1S/C16H16N2O5/c1-7(19)12-11-6-10(13(16(22)23)18(11)15(12)21)8-2-4-9(5-3-8)14(17)20/h2-5,7,11-12,19H,6H2,1H3,(H2,17,20)(H,22,23)/t7-,11?,12?/m1/s1. The lowest BCUT2D eigenvalue weighted by atomic mass is 9.82. The number of aliphatic hydroxyl groups is 1. The molecule has 1 aromatic rings. The molecule has 0 aromatic heterocycles. The van der Waals surface area contributed by atoms with E-state index in [1.807, 2.05) is 0 Å². The number of hydrogen-bond donors (Lipinski definition) is 3. The average Bonchev–Trinajstić information content (AvgIpc) is 2.82. The van der Waals surface area contributed by atoms with E-state index in [1.54, 1.807) is 12.1 Å². The Balaban J connectivity index is 1.99. The number of carbonyl (C=O) groups is 3. The molecule has 3 rings (SSSR count). The predicted octanol–water partition coefficient (Wildman–Crippen LogP) is 0.193. The number of rotatable bonds is 4. The summed E-state index contributed by atoms with van der Waals surface area (Å²) in [5.41, 5.74) is 6.61. The van der Waals surface area contributed by atoms with E-state index in [1.165, 1.54) is 24.0 Å². The minimum absolute atomic E-state index is 0.0521. The molecule has 7 heteroatoms. The Hall–Kier alpha value is -2.67. The van der Waals surface area contributed by atoms with Crippen LogP contribution in [0.15, 0.2) is 30.0 Å². The summed E-state index contributed by atoms with van der Waals surface area (Å²) in [6.45, 7) is 1.53. The lowest BCUT2D eigenvalue weighted by molar-refractivity contribution is -0.161. The lowest BCUT2D eigenvalue weighted by Crippen LogP contribution is -2.61. The summed E-state index contributed by atoms with van der Waals surface area (Å²) in [5.74, 6) is -2.69. The van der Waals surface area contributed by atoms with Crippen molar-refractivity contribution in [3.63, 3.8) is 0 Å². The van der Waals surface area contributed by atoms with Crippen LogP contribution in [-0.2, 0) is 9.59 Å². The van der Waals surface area contributed by atoms with Gasteiger partial charge in [0.2, 0.25) is 11.8 Å². The van der Waals surface area contributed by atoms with Gasteiger partial charge in [0.25, 0.3) is 0 Å². The molecule has 0 aliphatic carbocycles. The zero-order valence-electron chi connectivity index (χ0n) is 12.4. The second-order valence-electron chi connectivity index (χ2n) is 5.82. The molecule has 1 fully saturated rings. The number of nitrogens with zero attached hydrogens (tertiary/aromatic N) is 1. The summed E-state index contributed by atoms with van der Waals surface area (Å²) >= 11 is 0. The summed E-state index contributed by atoms with van der Waals surface area (Å²) in [7, 11) is 0. The second kappa shape index (κ2) is 5.20. The van der Waals surface area contributed by atoms with Crippen LogP contribution in [0.4, 0.5) is 0 Å². The predicted molar refractivity (Wildman–Crippen MR) is 79.9 cm³/mol. The van der Waals surface area contributed by atoms with E-state index in [2.05, 4.69) is 0 Å². The van der Waals surface area contributed by atoms with Gasteiger partial charge in [-0.05, 0) is 36.6 Å². The molecule has 120 valence electrons. The van der Waals surface area contributed by atoms with Gasteiger partial charge < -0.3 is 20.8 Å². The van der Waals surface area contributed by atoms with Gasteiger partial charge in [0, 0.05) is 5.56 Å². The maximum absolute atomic E-state index is 12.1. The number of hydrogen-bond acceptors (Lipinski definition) is 4. The Morgan fingerprint density at radius 1 is 1.30 bits per heavy atom. The Morgan fingerprint density at radius 2 is 1.91 bits per heavy atom. The van der Waals surface area contributed by atoms with Gasteiger partial charge in [-0.1, -0.05) is 12.1 Å². The molecule has 0 radical (unpaired) electrons. The van der Waals surface area contributed by atoms with Gasteiger partial charge >= 0.3 is 5.97 Å². The van der Waals surface area contributed by atoms with Gasteiger partial charge in [-0.2, -0.15) is 0 Å². The van der Waals surface area contributed by atoms with E-state index in [-0.39, 0.29) is 17.6 Å². The Morgan fingerprint density at radius 3 is 2.39 bits per heavy atom. The highest BCUT2D eigenvalue weighted by Gasteiger charge is 2.56. The highest BCUT2D eigenvalue weighted by molar-refractivity contribution is 6.06. The Labute approximate surface area is 132 Å². The fraction of sp³-hybridized carbons (Fsp3) is 0.312. The van der Waals surface area contributed by atoms with E-state index in [0.717, 1.165) is 0 Å². The number of carboxylic acid groups (broad SMARTS) is 1. The molecule has 1 aromatic carbocycles. The SMILES string of the molecule is C[C@@H](O)C1C(=O)N2C(C(=O)O)=C(c3ccc(C(N)=O)cc3)CC12. The molecule has 2 heterocycles. The summed E-state index contributed by atoms with van der Waals surface area (Å²) in [4.78, 5) is 36.1. The van der Waals surface area contributed by atoms with Crippen molar-refractivity contribution in [2.75, 3.05) is 0 Å². The number of carbonyl (C=O) groups excluding carboxylic acids is 2. The van der Waals surface area contributed by atoms with E-state index >= 15 is 0 Å². The molecule has 3 atom stereocenters. The van der Waals surface area contributed by atoms with E-state index in [4.69, 9.17) is 5.73 Å². The van der Waals surface area contributed by atoms with Crippen molar-refractivity contribution in [1.29, 1.82) is 0 Å². The smallest absolute Gasteiger partial charge is 0.352 e. The molecular formula is C16H16N2O5. The monoisotopic (exact) mass is 316 g/mol. The molecule has 0 saturated carbocycles. The number of fused-ring (bicyclic) bond motifs is 1. The number of amides is 2. The number of nitrogens with two attached hydrogens (primary N) is 1. The largest absolute Gasteiger partial charge is 0.477 e. The molecule has 2 aliphatic heterocycles. The molecule has 2 amide bonds. The van der Waals surface area contributed by atoms with Crippen molar-refractivity contribution < 1.29 is 24.6 Å². The number of aliphatic carboxylic acids is 1. The van der Waals surface area contributed by atoms with Gasteiger partial charge in [0.1, 0.15) is 5.70 Å². The second-order valence-corrected chi connectivity index (χ2v) is 5.82. The van der Waals surface area contributed by atoms with Gasteiger partial charge in [-0.25, -0.2) is 4.79 Å². The first-order valence-electron chi connectivity index (χ1n) is 7.20. The molecule has 1 saturated heterocycles. The van der Waals surface area contributed by atoms with Crippen molar-refractivity contribution in [2.45, 2.75) is 25.5 Å². The summed E-state index contributed by atoms with van der Waals surface area (Å²) in [5, 5.41) is 19.2. The highest BCUT2D eigenvalue weighted by Crippen LogP contribution is 2.46. The summed E-state index contributed by atoms with van der Waals surface area (Å²) in [6.07, 6.45) is -0.464. The maximum Gasteiger partial charge on any atom is 0.352 e. The minimum Gasteiger partial charge on any atom is -0.477 e. The third-order valence-corrected chi connectivity index (χ3v) is 4.45. The van der Waals surface area contributed by atoms with Crippen molar-refractivity contribution >= 4 is 23.4 Å². The van der Waals surface area contributed by atoms with E-state index in [0.29, 0.717) is 23.1 Å². The first-order valence-corrected chi connectivity index (χ1v) is 7.20. The van der Waals surface area contributed by atoms with Crippen LogP contribution < -0.4 is 5.73 Å². The van der Waals surface area contributed by atoms with E-state index in [9.17, 15) is 24.6 Å². The fourth-order valence-corrected chi connectivity index (χ4v) is 3.36. The number of primary amides is 1. The normalized spacial score (nSPS) is 24.3. The topological polar surface area (TPSA) is 121 Å². The van der Waals surface area contributed by atoms with Crippen LogP contribution in [-0.4, -0.2) is 45.0 Å². The summed E-state index contributed by atoms with van der Waals surface area (Å²) < 4.78 is 0. The zero-order valence-corrected chi connectivity index (χ0v) is 12.4. The molecule has 23 heavy (non-hydrogen) atoms. The lowest BCUT2D eigenvalue weighted by Gasteiger charge is -2.44. The average molecular weight is 316 g/mol. The molecule has 0 spiro atoms. The van der Waals surface area contributed by atoms with Crippen LogP contribution in [0.2, 0.25) is 0 Å². The fourth-order valence-electron chi connectivity index (χ4n) is 3.36. The first-order chi connectivity index (χ1) is 10.8. The van der Waals surface area contributed by atoms with Crippen molar-refractivity contribution in [3.8, 4) is 0 Å². The number of aliphatic hydroxyl groups excluding tert-OH is 1. The highest BCUT2D eigenvalue weighted by atomic mass is 16.4. The van der Waals surface area contributed by atoms with Gasteiger partial charge in [-0.3, -0.25) is 9.59 Å². The third kappa shape index (κ3) is 2.20. The van der Waals surface area contributed by atoms with Crippen LogP contribution in [0, 0.1) is 5.92 Å². The van der Waals surface area contributed by atoms with Gasteiger partial charge in [0.05, 0.1) is 18.1 Å². The number of benzene rings is 1. The van der Waals surface area contributed by atoms with Gasteiger partial charge in [-0.15, -0.1) is 0 Å². The van der Waals surface area contributed by atoms with Crippen molar-refractivity contribution in [3.05, 3.63) is 41.1 Å². The molecule has 2 aliphatic rings. The number of β-lactam (4-membered cyclic amide) rings is 1. The third-order valence-electron chi connectivity index (χ3n) is 4.45. The first kappa shape index (κ1) is 15.2. The maximum atomic E-state index is 12.1. The molecule has 2 unspecified atom stereocenters. The van der Waals surface area contributed by atoms with Crippen molar-refractivity contribution in [2.24, 2.45) is 11.7 Å². The molecule has 7 nitrogen and oxygen atoms in total. The summed E-state index contributed by atoms with van der Waals surface area (Å²) in [6, 6.07) is 5.94. The Kier molecular flexibility index (Phi) is 3.45. The van der Waals surface area contributed by atoms with Gasteiger partial charge in [0.15, 0.2) is 0 Å². The van der Waals surface area contributed by atoms with Crippen molar-refractivity contribution in [1.82, 2.24) is 4.90 Å². The van der Waals surface area contributed by atoms with Crippen LogP contribution in [0.1, 0.15) is 29.3 Å². The number of carboxylic acids is 1. The molecule has 0 bridgehead atoms. The zero-order chi connectivity index (χ0) is 16.9. The quantitative estimate of drug-likeness (QED) is 0.685. The minimum atomic E-state index is -1.18. The molecular weight excluding hydrogens is 300 g/mol. The van der Waals surface area contributed by atoms with Crippen LogP contribution in [0.3, 0.4) is 0 Å². The van der Waals surface area contributed by atoms with Crippen LogP contribution in [0.5, 0.6) is 0 Å².